The third-order valence-electron chi connectivity index (χ3n) is 7.67. The Labute approximate surface area is 260 Å². The molecule has 1 aromatic rings. The summed E-state index contributed by atoms with van der Waals surface area (Å²) in [4.78, 5) is 18.8. The van der Waals surface area contributed by atoms with Crippen LogP contribution in [-0.4, -0.2) is 145 Å². The minimum absolute atomic E-state index is 0.0114. The third kappa shape index (κ3) is 12.3. The Morgan fingerprint density at radius 2 is 1.14 bits per heavy atom. The topological polar surface area (TPSA) is 163 Å². The largest absolute Gasteiger partial charge is 0.344 e. The number of non-ortho nitro benzene ring substituents is 1. The van der Waals surface area contributed by atoms with Gasteiger partial charge in [0, 0.05) is 107 Å². The van der Waals surface area contributed by atoms with E-state index in [1.165, 1.54) is 54.8 Å². The normalized spacial score (nSPS) is 19.8. The van der Waals surface area contributed by atoms with E-state index in [1.54, 1.807) is 12.1 Å². The van der Waals surface area contributed by atoms with E-state index in [0.29, 0.717) is 52.2 Å². The highest BCUT2D eigenvalue weighted by Crippen LogP contribution is 2.49. The van der Waals surface area contributed by atoms with E-state index in [9.17, 15) is 23.8 Å². The molecule has 0 radical (unpaired) electrons. The number of nitro benzene ring substituents is 1. The molecule has 1 unspecified atom stereocenters. The van der Waals surface area contributed by atoms with Crippen molar-refractivity contribution in [3.05, 3.63) is 39.9 Å². The fourth-order valence-corrected chi connectivity index (χ4v) is 8.24. The third-order valence-corrected chi connectivity index (χ3v) is 13.2. The standard InChI is InChI=1S/C25H48N5O11P3/c1-26-12-14-27(20-42(33,36-2)37-3)15-16-28(21-43(34,38-4)39-5)19-25(18-23-8-10-24(11-9-23)30(31)32)29(17-13-26)22-44(35,40-6)41-7/h8-11,25H,12-22H2,1-7H3. The van der Waals surface area contributed by atoms with Crippen LogP contribution in [0.1, 0.15) is 5.56 Å². The first-order valence-electron chi connectivity index (χ1n) is 14.0. The molecule has 1 atom stereocenters. The van der Waals surface area contributed by atoms with Crippen molar-refractivity contribution in [2.45, 2.75) is 12.5 Å². The van der Waals surface area contributed by atoms with Crippen LogP contribution in [0.3, 0.4) is 0 Å². The Balaban J connectivity index is 2.55. The molecule has 44 heavy (non-hydrogen) atoms. The Morgan fingerprint density at radius 1 is 0.705 bits per heavy atom. The van der Waals surface area contributed by atoms with Gasteiger partial charge in [-0.25, -0.2) is 0 Å². The molecule has 0 saturated carbocycles. The number of benzene rings is 1. The predicted octanol–water partition coefficient (Wildman–Crippen LogP) is 3.69. The first kappa shape index (κ1) is 39.1. The van der Waals surface area contributed by atoms with Crippen molar-refractivity contribution in [3.63, 3.8) is 0 Å². The van der Waals surface area contributed by atoms with Gasteiger partial charge in [0.15, 0.2) is 0 Å². The van der Waals surface area contributed by atoms with E-state index in [-0.39, 0.29) is 30.6 Å². The van der Waals surface area contributed by atoms with Gasteiger partial charge in [0.25, 0.3) is 5.69 Å². The lowest BCUT2D eigenvalue weighted by Crippen LogP contribution is -2.51. The van der Waals surface area contributed by atoms with Gasteiger partial charge in [-0.05, 0) is 19.0 Å². The van der Waals surface area contributed by atoms with E-state index in [0.717, 1.165) is 5.56 Å². The molecular formula is C25H48N5O11P3. The minimum atomic E-state index is -3.51. The zero-order valence-corrected chi connectivity index (χ0v) is 29.4. The highest BCUT2D eigenvalue weighted by Gasteiger charge is 2.34. The highest BCUT2D eigenvalue weighted by atomic mass is 31.2. The molecule has 254 valence electrons. The summed E-state index contributed by atoms with van der Waals surface area (Å²) in [6, 6.07) is 5.95. The molecule has 16 nitrogen and oxygen atoms in total. The van der Waals surface area contributed by atoms with Crippen molar-refractivity contribution >= 4 is 28.5 Å². The maximum absolute atomic E-state index is 13.4. The van der Waals surface area contributed by atoms with Crippen LogP contribution in [-0.2, 0) is 47.3 Å². The second kappa shape index (κ2) is 18.3. The molecule has 0 aliphatic carbocycles. The Bertz CT molecular complexity index is 1150. The second-order valence-corrected chi connectivity index (χ2v) is 17.1. The average molecular weight is 688 g/mol. The van der Waals surface area contributed by atoms with Crippen molar-refractivity contribution in [2.24, 2.45) is 0 Å². The van der Waals surface area contributed by atoms with Gasteiger partial charge in [-0.2, -0.15) is 0 Å². The minimum Gasteiger partial charge on any atom is -0.311 e. The molecule has 19 heteroatoms. The summed E-state index contributed by atoms with van der Waals surface area (Å²) < 4.78 is 71.3. The van der Waals surface area contributed by atoms with E-state index < -0.39 is 27.7 Å². The molecule has 1 aliphatic heterocycles. The summed E-state index contributed by atoms with van der Waals surface area (Å²) in [6.45, 7) is 3.36. The maximum atomic E-state index is 13.4. The maximum Gasteiger partial charge on any atom is 0.344 e. The molecule has 2 rings (SSSR count). The fraction of sp³-hybridized carbons (Fsp3) is 0.760. The van der Waals surface area contributed by atoms with Gasteiger partial charge in [0.2, 0.25) is 0 Å². The second-order valence-electron chi connectivity index (χ2n) is 10.4. The first-order valence-corrected chi connectivity index (χ1v) is 19.2. The molecule has 0 spiro atoms. The van der Waals surface area contributed by atoms with Crippen LogP contribution < -0.4 is 0 Å². The summed E-state index contributed by atoms with van der Waals surface area (Å²) in [5, 5.41) is 11.2. The molecule has 0 bridgehead atoms. The molecular weight excluding hydrogens is 639 g/mol. The van der Waals surface area contributed by atoms with Crippen LogP contribution in [0.15, 0.2) is 24.3 Å². The van der Waals surface area contributed by atoms with E-state index in [2.05, 4.69) is 4.90 Å². The first-order chi connectivity index (χ1) is 20.8. The van der Waals surface area contributed by atoms with Gasteiger partial charge in [0.1, 0.15) is 18.9 Å². The molecule has 1 aromatic carbocycles. The number of hydrogen-bond donors (Lipinski definition) is 0. The van der Waals surface area contributed by atoms with Crippen molar-refractivity contribution in [2.75, 3.05) is 114 Å². The lowest BCUT2D eigenvalue weighted by molar-refractivity contribution is -0.384. The Morgan fingerprint density at radius 3 is 1.64 bits per heavy atom. The Kier molecular flexibility index (Phi) is 16.3. The highest BCUT2D eigenvalue weighted by molar-refractivity contribution is 7.54. The van der Waals surface area contributed by atoms with E-state index in [4.69, 9.17) is 27.1 Å². The van der Waals surface area contributed by atoms with Crippen molar-refractivity contribution in [1.82, 2.24) is 19.6 Å². The van der Waals surface area contributed by atoms with Crippen LogP contribution in [0.25, 0.3) is 0 Å². The summed E-state index contributed by atoms with van der Waals surface area (Å²) in [7, 11) is -0.377. The lowest BCUT2D eigenvalue weighted by Gasteiger charge is -2.39. The zero-order chi connectivity index (χ0) is 33.0. The van der Waals surface area contributed by atoms with Gasteiger partial charge in [-0.15, -0.1) is 0 Å². The van der Waals surface area contributed by atoms with Crippen LogP contribution in [0.4, 0.5) is 5.69 Å². The SMILES string of the molecule is COP(=O)(CN1CCN(C)CCN(CP(=O)(OC)OC)C(Cc2ccc([N+](=O)[O-])cc2)CN(CP(=O)(OC)OC)CC1)OC. The molecule has 1 fully saturated rings. The predicted molar refractivity (Wildman–Crippen MR) is 167 cm³/mol. The van der Waals surface area contributed by atoms with Gasteiger partial charge >= 0.3 is 22.8 Å². The molecule has 0 amide bonds. The van der Waals surface area contributed by atoms with Crippen LogP contribution >= 0.6 is 22.8 Å². The monoisotopic (exact) mass is 687 g/mol. The smallest absolute Gasteiger partial charge is 0.311 e. The van der Waals surface area contributed by atoms with Crippen molar-refractivity contribution in [3.8, 4) is 0 Å². The van der Waals surface area contributed by atoms with E-state index in [1.807, 2.05) is 21.7 Å². The molecule has 0 N–H and O–H groups in total. The van der Waals surface area contributed by atoms with E-state index >= 15 is 0 Å². The number of hydrogen-bond acceptors (Lipinski definition) is 15. The number of rotatable bonds is 15. The quantitative estimate of drug-likeness (QED) is 0.149. The Hall–Kier alpha value is -1.09. The van der Waals surface area contributed by atoms with Crippen LogP contribution in [0, 0.1) is 10.1 Å². The molecule has 1 aliphatic rings. The molecule has 1 heterocycles. The van der Waals surface area contributed by atoms with Crippen molar-refractivity contribution in [1.29, 1.82) is 0 Å². The van der Waals surface area contributed by atoms with Gasteiger partial charge < -0.3 is 32.0 Å². The van der Waals surface area contributed by atoms with Crippen molar-refractivity contribution < 1.29 is 45.8 Å². The van der Waals surface area contributed by atoms with Crippen LogP contribution in [0.2, 0.25) is 0 Å². The summed E-state index contributed by atoms with van der Waals surface area (Å²) in [6.07, 6.45) is 0.429. The lowest BCUT2D eigenvalue weighted by atomic mass is 10.0. The van der Waals surface area contributed by atoms with Gasteiger partial charge in [-0.1, -0.05) is 12.1 Å². The van der Waals surface area contributed by atoms with Crippen LogP contribution in [0.5, 0.6) is 0 Å². The average Bonchev–Trinajstić information content (AvgIpc) is 3.03. The fourth-order valence-electron chi connectivity index (χ4n) is 4.76. The number of nitro groups is 1. The van der Waals surface area contributed by atoms with Gasteiger partial charge in [-0.3, -0.25) is 38.5 Å². The summed E-state index contributed by atoms with van der Waals surface area (Å²) in [5.74, 6) is 0. The summed E-state index contributed by atoms with van der Waals surface area (Å²) in [5.41, 5.74) is 0.793. The number of nitrogens with zero attached hydrogens (tertiary/aromatic N) is 5. The zero-order valence-electron chi connectivity index (χ0n) is 26.7. The molecule has 0 aromatic heterocycles. The molecule has 1 saturated heterocycles. The number of likely N-dealkylation sites (N-methyl/N-ethyl adjacent to an activating group) is 1. The summed E-state index contributed by atoms with van der Waals surface area (Å²) >= 11 is 0. The van der Waals surface area contributed by atoms with Gasteiger partial charge in [0.05, 0.1) is 4.92 Å².